The third kappa shape index (κ3) is 5.54. The van der Waals surface area contributed by atoms with Gasteiger partial charge in [0.1, 0.15) is 5.75 Å². The lowest BCUT2D eigenvalue weighted by Crippen LogP contribution is -2.52. The molecule has 7 heteroatoms. The monoisotopic (exact) mass is 361 g/mol. The molecule has 144 valence electrons. The number of aliphatic imine (C=N–C) groups is 1. The molecule has 1 aliphatic heterocycles. The Hall–Kier alpha value is -2.44. The molecular formula is C19H31N5O2. The summed E-state index contributed by atoms with van der Waals surface area (Å²) in [5.74, 6) is 1.88. The third-order valence-electron chi connectivity index (χ3n) is 4.44. The van der Waals surface area contributed by atoms with E-state index in [4.69, 9.17) is 4.74 Å². The van der Waals surface area contributed by atoms with Crippen LogP contribution >= 0.6 is 0 Å². The minimum Gasteiger partial charge on any atom is -0.497 e. The Morgan fingerprint density at radius 2 is 1.85 bits per heavy atom. The molecule has 1 amide bonds. The molecule has 1 aromatic carbocycles. The number of piperazine rings is 1. The molecule has 0 aromatic heterocycles. The summed E-state index contributed by atoms with van der Waals surface area (Å²) in [6.07, 6.45) is 0.438. The number of rotatable bonds is 6. The molecule has 0 atom stereocenters. The van der Waals surface area contributed by atoms with Gasteiger partial charge < -0.3 is 24.8 Å². The number of nitrogens with zero attached hydrogens (tertiary/aromatic N) is 4. The second-order valence-electron chi connectivity index (χ2n) is 6.45. The van der Waals surface area contributed by atoms with Crippen molar-refractivity contribution in [3.05, 3.63) is 24.3 Å². The molecule has 0 unspecified atom stereocenters. The quantitative estimate of drug-likeness (QED) is 0.611. The molecule has 1 aliphatic rings. The maximum absolute atomic E-state index is 11.7. The number of ether oxygens (including phenoxy) is 1. The molecular weight excluding hydrogens is 330 g/mol. The maximum atomic E-state index is 11.7. The summed E-state index contributed by atoms with van der Waals surface area (Å²) in [4.78, 5) is 22.6. The predicted molar refractivity (Wildman–Crippen MR) is 106 cm³/mol. The molecule has 0 bridgehead atoms. The SMILES string of the molecule is CCNC(=NCCC(=O)N(C)C)N1CCN(c2ccc(OC)cc2)CC1. The van der Waals surface area contributed by atoms with Crippen LogP contribution in [0.25, 0.3) is 0 Å². The van der Waals surface area contributed by atoms with Crippen LogP contribution < -0.4 is 15.0 Å². The summed E-state index contributed by atoms with van der Waals surface area (Å²) in [6, 6.07) is 8.19. The third-order valence-corrected chi connectivity index (χ3v) is 4.44. The average molecular weight is 361 g/mol. The highest BCUT2D eigenvalue weighted by Gasteiger charge is 2.20. The minimum absolute atomic E-state index is 0.105. The van der Waals surface area contributed by atoms with Gasteiger partial charge in [0.2, 0.25) is 5.91 Å². The number of carbonyl (C=O) groups is 1. The van der Waals surface area contributed by atoms with Crippen molar-refractivity contribution in [3.8, 4) is 5.75 Å². The summed E-state index contributed by atoms with van der Waals surface area (Å²) in [7, 11) is 5.23. The van der Waals surface area contributed by atoms with Crippen molar-refractivity contribution in [2.75, 3.05) is 65.4 Å². The number of benzene rings is 1. The van der Waals surface area contributed by atoms with Gasteiger partial charge in [-0.2, -0.15) is 0 Å². The second-order valence-corrected chi connectivity index (χ2v) is 6.45. The van der Waals surface area contributed by atoms with Crippen molar-refractivity contribution in [3.63, 3.8) is 0 Å². The van der Waals surface area contributed by atoms with E-state index >= 15 is 0 Å². The van der Waals surface area contributed by atoms with Crippen molar-refractivity contribution in [2.45, 2.75) is 13.3 Å². The molecule has 2 rings (SSSR count). The lowest BCUT2D eigenvalue weighted by atomic mass is 10.2. The number of anilines is 1. The molecule has 0 spiro atoms. The fourth-order valence-electron chi connectivity index (χ4n) is 2.88. The van der Waals surface area contributed by atoms with Crippen LogP contribution in [-0.2, 0) is 4.79 Å². The van der Waals surface area contributed by atoms with Crippen LogP contribution in [-0.4, -0.2) is 82.1 Å². The summed E-state index contributed by atoms with van der Waals surface area (Å²) in [5.41, 5.74) is 1.21. The van der Waals surface area contributed by atoms with E-state index in [1.807, 2.05) is 12.1 Å². The molecule has 1 heterocycles. The van der Waals surface area contributed by atoms with Gasteiger partial charge in [-0.3, -0.25) is 9.79 Å². The zero-order chi connectivity index (χ0) is 18.9. The van der Waals surface area contributed by atoms with E-state index in [0.717, 1.165) is 44.4 Å². The van der Waals surface area contributed by atoms with E-state index in [0.29, 0.717) is 13.0 Å². The standard InChI is InChI=1S/C19H31N5O2/c1-5-20-19(21-11-10-18(25)22(2)3)24-14-12-23(13-15-24)16-6-8-17(26-4)9-7-16/h6-9H,5,10-15H2,1-4H3,(H,20,21). The van der Waals surface area contributed by atoms with E-state index in [1.54, 1.807) is 26.1 Å². The Labute approximate surface area is 156 Å². The van der Waals surface area contributed by atoms with E-state index < -0.39 is 0 Å². The molecule has 1 aromatic rings. The first-order chi connectivity index (χ1) is 12.5. The normalized spacial score (nSPS) is 15.0. The molecule has 0 saturated carbocycles. The molecule has 0 radical (unpaired) electrons. The Balaban J connectivity index is 1.90. The van der Waals surface area contributed by atoms with Crippen LogP contribution in [0.1, 0.15) is 13.3 Å². The molecule has 1 saturated heterocycles. The van der Waals surface area contributed by atoms with Crippen molar-refractivity contribution in [1.29, 1.82) is 0 Å². The van der Waals surface area contributed by atoms with Gasteiger partial charge >= 0.3 is 0 Å². The first-order valence-corrected chi connectivity index (χ1v) is 9.17. The second kappa shape index (κ2) is 9.89. The first kappa shape index (κ1) is 19.9. The van der Waals surface area contributed by atoms with Crippen LogP contribution in [0, 0.1) is 0 Å². The number of methoxy groups -OCH3 is 1. The van der Waals surface area contributed by atoms with Gasteiger partial charge in [-0.25, -0.2) is 0 Å². The van der Waals surface area contributed by atoms with Crippen LogP contribution in [0.4, 0.5) is 5.69 Å². The number of carbonyl (C=O) groups excluding carboxylic acids is 1. The highest BCUT2D eigenvalue weighted by Crippen LogP contribution is 2.20. The van der Waals surface area contributed by atoms with Gasteiger partial charge in [0.15, 0.2) is 5.96 Å². The van der Waals surface area contributed by atoms with Crippen molar-refractivity contribution in [2.24, 2.45) is 4.99 Å². The highest BCUT2D eigenvalue weighted by atomic mass is 16.5. The lowest BCUT2D eigenvalue weighted by Gasteiger charge is -2.37. The van der Waals surface area contributed by atoms with E-state index in [9.17, 15) is 4.79 Å². The summed E-state index contributed by atoms with van der Waals surface area (Å²) in [5, 5.41) is 3.34. The first-order valence-electron chi connectivity index (χ1n) is 9.17. The van der Waals surface area contributed by atoms with E-state index in [-0.39, 0.29) is 5.91 Å². The van der Waals surface area contributed by atoms with Gasteiger partial charge in [-0.05, 0) is 31.2 Å². The van der Waals surface area contributed by atoms with Crippen LogP contribution in [0.5, 0.6) is 5.75 Å². The smallest absolute Gasteiger partial charge is 0.223 e. The largest absolute Gasteiger partial charge is 0.497 e. The Kier molecular flexibility index (Phi) is 7.56. The fourth-order valence-corrected chi connectivity index (χ4v) is 2.88. The van der Waals surface area contributed by atoms with Gasteiger partial charge in [-0.1, -0.05) is 0 Å². The average Bonchev–Trinajstić information content (AvgIpc) is 2.67. The van der Waals surface area contributed by atoms with Gasteiger partial charge in [0.25, 0.3) is 0 Å². The summed E-state index contributed by atoms with van der Waals surface area (Å²) >= 11 is 0. The van der Waals surface area contributed by atoms with Crippen LogP contribution in [0.3, 0.4) is 0 Å². The molecule has 0 aliphatic carbocycles. The van der Waals surface area contributed by atoms with E-state index in [1.165, 1.54) is 5.69 Å². The summed E-state index contributed by atoms with van der Waals surface area (Å²) in [6.45, 7) is 7.07. The molecule has 1 N–H and O–H groups in total. The number of nitrogens with one attached hydrogen (secondary N) is 1. The molecule has 26 heavy (non-hydrogen) atoms. The highest BCUT2D eigenvalue weighted by molar-refractivity contribution is 5.81. The topological polar surface area (TPSA) is 60.4 Å². The van der Waals surface area contributed by atoms with Crippen LogP contribution in [0.15, 0.2) is 29.3 Å². The van der Waals surface area contributed by atoms with Crippen LogP contribution in [0.2, 0.25) is 0 Å². The zero-order valence-electron chi connectivity index (χ0n) is 16.4. The minimum atomic E-state index is 0.105. The zero-order valence-corrected chi connectivity index (χ0v) is 16.4. The Bertz CT molecular complexity index is 592. The molecule has 7 nitrogen and oxygen atoms in total. The Morgan fingerprint density at radius 3 is 2.38 bits per heavy atom. The lowest BCUT2D eigenvalue weighted by molar-refractivity contribution is -0.128. The Morgan fingerprint density at radius 1 is 1.19 bits per heavy atom. The number of hydrogen-bond acceptors (Lipinski definition) is 4. The van der Waals surface area contributed by atoms with Gasteiger partial charge in [0, 0.05) is 58.9 Å². The van der Waals surface area contributed by atoms with Crippen molar-refractivity contribution < 1.29 is 9.53 Å². The van der Waals surface area contributed by atoms with Crippen molar-refractivity contribution >= 4 is 17.6 Å². The fraction of sp³-hybridized carbons (Fsp3) is 0.579. The predicted octanol–water partition coefficient (Wildman–Crippen LogP) is 1.26. The van der Waals surface area contributed by atoms with Crippen molar-refractivity contribution in [1.82, 2.24) is 15.1 Å². The van der Waals surface area contributed by atoms with Gasteiger partial charge in [-0.15, -0.1) is 0 Å². The number of guanidine groups is 1. The van der Waals surface area contributed by atoms with Gasteiger partial charge in [0.05, 0.1) is 13.7 Å². The molecule has 1 fully saturated rings. The maximum Gasteiger partial charge on any atom is 0.223 e. The summed E-state index contributed by atoms with van der Waals surface area (Å²) < 4.78 is 5.22. The van der Waals surface area contributed by atoms with E-state index in [2.05, 4.69) is 39.2 Å². The number of hydrogen-bond donors (Lipinski definition) is 1. The number of amides is 1.